The third-order valence-corrected chi connectivity index (χ3v) is 3.42. The number of hydrogen-bond acceptors (Lipinski definition) is 2. The van der Waals surface area contributed by atoms with Crippen molar-refractivity contribution in [1.82, 2.24) is 0 Å². The minimum Gasteiger partial charge on any atom is -0.478 e. The van der Waals surface area contributed by atoms with Crippen LogP contribution in [-0.4, -0.2) is 11.1 Å². The summed E-state index contributed by atoms with van der Waals surface area (Å²) in [6.45, 7) is 0. The van der Waals surface area contributed by atoms with Gasteiger partial charge < -0.3 is 10.8 Å². The van der Waals surface area contributed by atoms with Crippen molar-refractivity contribution in [2.75, 3.05) is 5.73 Å². The van der Waals surface area contributed by atoms with Crippen LogP contribution in [0, 0.1) is 0 Å². The van der Waals surface area contributed by atoms with Crippen molar-refractivity contribution >= 4 is 33.5 Å². The number of carboxylic acids is 1. The van der Waals surface area contributed by atoms with Crippen LogP contribution in [0.5, 0.6) is 0 Å². The Labute approximate surface area is 96.7 Å². The number of anilines is 1. The molecule has 0 atom stereocenters. The summed E-state index contributed by atoms with van der Waals surface area (Å²) in [5.74, 6) is -1.82. The molecule has 98 valence electrons. The maximum atomic E-state index is 12.5. The third kappa shape index (κ3) is 2.91. The lowest BCUT2D eigenvalue weighted by Gasteiger charge is -2.41. The number of carboxylic acid groups (broad SMARTS) is 1. The largest absolute Gasteiger partial charge is 0.478 e. The van der Waals surface area contributed by atoms with Crippen LogP contribution >= 0.6 is 21.8 Å². The van der Waals surface area contributed by atoms with Crippen molar-refractivity contribution in [3.63, 3.8) is 0 Å². The second-order valence-corrected chi connectivity index (χ2v) is 5.91. The van der Waals surface area contributed by atoms with Gasteiger partial charge in [-0.1, -0.05) is 31.0 Å². The zero-order valence-electron chi connectivity index (χ0n) is 7.76. The molecule has 0 spiro atoms. The van der Waals surface area contributed by atoms with Gasteiger partial charge in [-0.3, -0.25) is 0 Å². The number of aromatic carboxylic acids is 1. The Morgan fingerprint density at radius 1 is 1.24 bits per heavy atom. The summed E-state index contributed by atoms with van der Waals surface area (Å²) in [4.78, 5) is 7.96. The van der Waals surface area contributed by atoms with Gasteiger partial charge in [0.15, 0.2) is 0 Å². The average molecular weight is 298 g/mol. The lowest BCUT2D eigenvalue weighted by Crippen LogP contribution is -2.10. The van der Waals surface area contributed by atoms with E-state index in [0.717, 1.165) is 0 Å². The van der Waals surface area contributed by atoms with E-state index in [2.05, 4.69) is 0 Å². The van der Waals surface area contributed by atoms with Crippen molar-refractivity contribution in [2.45, 2.75) is 4.90 Å². The van der Waals surface area contributed by atoms with Crippen LogP contribution in [0.25, 0.3) is 0 Å². The van der Waals surface area contributed by atoms with E-state index in [0.29, 0.717) is 6.07 Å². The monoisotopic (exact) mass is 297 g/mol. The van der Waals surface area contributed by atoms with Crippen LogP contribution in [0.2, 0.25) is 5.02 Å². The summed E-state index contributed by atoms with van der Waals surface area (Å²) >= 11 is 5.05. The van der Waals surface area contributed by atoms with Gasteiger partial charge >= 0.3 is 16.2 Å². The number of halogens is 6. The maximum absolute atomic E-state index is 12.5. The van der Waals surface area contributed by atoms with Gasteiger partial charge in [0.1, 0.15) is 4.90 Å². The minimum atomic E-state index is -10.1. The van der Waals surface area contributed by atoms with E-state index in [4.69, 9.17) is 22.4 Å². The third-order valence-electron chi connectivity index (χ3n) is 1.73. The summed E-state index contributed by atoms with van der Waals surface area (Å²) in [6.07, 6.45) is 0. The Morgan fingerprint density at radius 2 is 1.71 bits per heavy atom. The molecule has 1 aromatic rings. The van der Waals surface area contributed by atoms with Gasteiger partial charge in [-0.2, -0.15) is 0 Å². The van der Waals surface area contributed by atoms with Crippen LogP contribution in [0.4, 0.5) is 25.1 Å². The summed E-state index contributed by atoms with van der Waals surface area (Å²) in [6, 6.07) is 0.334. The first-order chi connectivity index (χ1) is 7.22. The van der Waals surface area contributed by atoms with Gasteiger partial charge in [0.2, 0.25) is 0 Å². The summed E-state index contributed by atoms with van der Waals surface area (Å²) < 4.78 is 62.5. The molecule has 1 aromatic carbocycles. The van der Waals surface area contributed by atoms with Crippen LogP contribution in [0.3, 0.4) is 0 Å². The Bertz CT molecular complexity index is 514. The molecule has 0 radical (unpaired) electrons. The summed E-state index contributed by atoms with van der Waals surface area (Å²) in [7, 11) is -10.1. The molecule has 0 unspecified atom stereocenters. The van der Waals surface area contributed by atoms with Crippen molar-refractivity contribution in [2.24, 2.45) is 0 Å². The highest BCUT2D eigenvalue weighted by atomic mass is 35.5. The molecular weight excluding hydrogens is 293 g/mol. The number of rotatable bonds is 2. The number of hydrogen-bond donors (Lipinski definition) is 2. The normalized spacial score (nSPS) is 16.1. The van der Waals surface area contributed by atoms with Gasteiger partial charge in [-0.15, -0.1) is 0 Å². The number of benzene rings is 1. The molecule has 3 nitrogen and oxygen atoms in total. The molecule has 10 heteroatoms. The standard InChI is InChI=1S/C7H5ClF5NO2S/c8-6-4(14)1-3(7(15)16)2-5(6)17(9,10,11,12)13/h1-2H,14H2,(H,15,16). The molecular formula is C7H5ClF5NO2S. The van der Waals surface area contributed by atoms with Crippen molar-refractivity contribution < 1.29 is 29.3 Å². The molecule has 0 aromatic heterocycles. The molecule has 0 saturated carbocycles. The molecule has 0 bridgehead atoms. The quantitative estimate of drug-likeness (QED) is 0.632. The van der Waals surface area contributed by atoms with Gasteiger partial charge in [0.25, 0.3) is 0 Å². The van der Waals surface area contributed by atoms with Crippen LogP contribution in [0.1, 0.15) is 10.4 Å². The number of carbonyl (C=O) groups is 1. The number of nitrogens with two attached hydrogens (primary N) is 1. The predicted octanol–water partition coefficient (Wildman–Crippen LogP) is 4.28. The minimum absolute atomic E-state index is 0.234. The first-order valence-corrected chi connectivity index (χ1v) is 6.11. The molecule has 17 heavy (non-hydrogen) atoms. The molecule has 0 aliphatic rings. The summed E-state index contributed by atoms with van der Waals surface area (Å²) in [5.41, 5.74) is 3.07. The van der Waals surface area contributed by atoms with Crippen LogP contribution < -0.4 is 5.73 Å². The fourth-order valence-electron chi connectivity index (χ4n) is 1.02. The van der Waals surface area contributed by atoms with E-state index in [1.54, 1.807) is 0 Å². The van der Waals surface area contributed by atoms with E-state index >= 15 is 0 Å². The van der Waals surface area contributed by atoms with Gasteiger partial charge in [0.05, 0.1) is 16.3 Å². The maximum Gasteiger partial charge on any atom is 0.335 e. The molecule has 0 aliphatic carbocycles. The summed E-state index contributed by atoms with van der Waals surface area (Å²) in [5, 5.41) is 7.05. The lowest BCUT2D eigenvalue weighted by molar-refractivity contribution is 0.0696. The highest BCUT2D eigenvalue weighted by Gasteiger charge is 2.67. The van der Waals surface area contributed by atoms with E-state index in [1.807, 2.05) is 0 Å². The van der Waals surface area contributed by atoms with E-state index in [9.17, 15) is 24.2 Å². The molecule has 1 rings (SSSR count). The highest BCUT2D eigenvalue weighted by molar-refractivity contribution is 8.45. The predicted molar refractivity (Wildman–Crippen MR) is 54.2 cm³/mol. The van der Waals surface area contributed by atoms with Gasteiger partial charge in [-0.05, 0) is 12.1 Å². The van der Waals surface area contributed by atoms with E-state index < -0.39 is 37.4 Å². The Kier molecular flexibility index (Phi) is 2.41. The van der Waals surface area contributed by atoms with Gasteiger partial charge in [-0.25, -0.2) is 4.79 Å². The Morgan fingerprint density at radius 3 is 2.06 bits per heavy atom. The molecule has 0 fully saturated rings. The first kappa shape index (κ1) is 13.8. The average Bonchev–Trinajstić information content (AvgIpc) is 2.04. The topological polar surface area (TPSA) is 63.3 Å². The van der Waals surface area contributed by atoms with E-state index in [-0.39, 0.29) is 6.07 Å². The van der Waals surface area contributed by atoms with Crippen molar-refractivity contribution in [1.29, 1.82) is 0 Å². The molecule has 0 heterocycles. The van der Waals surface area contributed by atoms with Crippen molar-refractivity contribution in [3.8, 4) is 0 Å². The van der Waals surface area contributed by atoms with E-state index in [1.165, 1.54) is 0 Å². The molecule has 0 saturated heterocycles. The fourth-order valence-corrected chi connectivity index (χ4v) is 2.38. The highest BCUT2D eigenvalue weighted by Crippen LogP contribution is 3.02. The SMILES string of the molecule is Nc1cc(C(=O)O)cc(S(F)(F)(F)(F)F)c1Cl. The zero-order valence-corrected chi connectivity index (χ0v) is 9.34. The molecule has 3 N–H and O–H groups in total. The Hall–Kier alpha value is -1.22. The smallest absolute Gasteiger partial charge is 0.335 e. The zero-order chi connectivity index (χ0) is 13.7. The van der Waals surface area contributed by atoms with Gasteiger partial charge in [0, 0.05) is 0 Å². The van der Waals surface area contributed by atoms with Crippen LogP contribution in [-0.2, 0) is 0 Å². The molecule has 0 amide bonds. The first-order valence-electron chi connectivity index (χ1n) is 3.79. The number of nitrogen functional groups attached to an aromatic ring is 1. The second-order valence-electron chi connectivity index (χ2n) is 3.15. The molecule has 0 aliphatic heterocycles. The second kappa shape index (κ2) is 2.96. The van der Waals surface area contributed by atoms with Crippen molar-refractivity contribution in [3.05, 3.63) is 22.7 Å². The fraction of sp³-hybridized carbons (Fsp3) is 0. The Balaban J connectivity index is 3.73. The lowest BCUT2D eigenvalue weighted by atomic mass is 10.2. The van der Waals surface area contributed by atoms with Crippen LogP contribution in [0.15, 0.2) is 17.0 Å².